The summed E-state index contributed by atoms with van der Waals surface area (Å²) >= 11 is 1.40. The molecule has 0 saturated heterocycles. The zero-order valence-electron chi connectivity index (χ0n) is 14.7. The molecule has 0 aliphatic carbocycles. The zero-order chi connectivity index (χ0) is 17.9. The van der Waals surface area contributed by atoms with Crippen LogP contribution < -0.4 is 5.32 Å². The van der Waals surface area contributed by atoms with Gasteiger partial charge in [-0.25, -0.2) is 4.79 Å². The van der Waals surface area contributed by atoms with Gasteiger partial charge in [0.15, 0.2) is 0 Å². The molecule has 7 heteroatoms. The van der Waals surface area contributed by atoms with Crippen LogP contribution in [-0.4, -0.2) is 28.3 Å². The van der Waals surface area contributed by atoms with Gasteiger partial charge in [0.25, 0.3) is 0 Å². The number of esters is 1. The molecule has 2 heterocycles. The molecule has 2 rings (SSSR count). The van der Waals surface area contributed by atoms with E-state index in [4.69, 9.17) is 4.74 Å². The molecule has 0 radical (unpaired) electrons. The third-order valence-electron chi connectivity index (χ3n) is 3.77. The van der Waals surface area contributed by atoms with Crippen LogP contribution in [0.4, 0.5) is 5.00 Å². The van der Waals surface area contributed by atoms with Gasteiger partial charge in [0.1, 0.15) is 5.00 Å². The Kier molecular flexibility index (Phi) is 5.77. The van der Waals surface area contributed by atoms with Gasteiger partial charge in [-0.2, -0.15) is 5.10 Å². The highest BCUT2D eigenvalue weighted by atomic mass is 32.1. The molecule has 24 heavy (non-hydrogen) atoms. The molecular formula is C17H23N3O3S. The molecular weight excluding hydrogens is 326 g/mol. The molecule has 1 N–H and O–H groups in total. The van der Waals surface area contributed by atoms with Gasteiger partial charge < -0.3 is 10.1 Å². The highest BCUT2D eigenvalue weighted by molar-refractivity contribution is 7.16. The maximum Gasteiger partial charge on any atom is 0.341 e. The molecule has 0 unspecified atom stereocenters. The maximum atomic E-state index is 12.3. The smallest absolute Gasteiger partial charge is 0.341 e. The lowest BCUT2D eigenvalue weighted by Gasteiger charge is -2.08. The van der Waals surface area contributed by atoms with Gasteiger partial charge in [0.05, 0.1) is 17.9 Å². The van der Waals surface area contributed by atoms with E-state index >= 15 is 0 Å². The number of hydrogen-bond acceptors (Lipinski definition) is 5. The van der Waals surface area contributed by atoms with Gasteiger partial charge in [0, 0.05) is 23.5 Å². The molecule has 0 saturated carbocycles. The lowest BCUT2D eigenvalue weighted by Crippen LogP contribution is -2.17. The van der Waals surface area contributed by atoms with Gasteiger partial charge >= 0.3 is 5.97 Å². The van der Waals surface area contributed by atoms with Crippen LogP contribution in [0.5, 0.6) is 0 Å². The minimum atomic E-state index is -0.395. The van der Waals surface area contributed by atoms with Gasteiger partial charge in [-0.1, -0.05) is 0 Å². The van der Waals surface area contributed by atoms with E-state index in [1.807, 2.05) is 38.4 Å². The van der Waals surface area contributed by atoms with Gasteiger partial charge in [-0.05, 0) is 46.2 Å². The number of rotatable bonds is 6. The molecule has 2 aromatic heterocycles. The number of anilines is 1. The van der Waals surface area contributed by atoms with Crippen molar-refractivity contribution in [3.8, 4) is 0 Å². The summed E-state index contributed by atoms with van der Waals surface area (Å²) in [5.41, 5.74) is 3.27. The van der Waals surface area contributed by atoms with Gasteiger partial charge in [-0.3, -0.25) is 9.48 Å². The van der Waals surface area contributed by atoms with E-state index in [2.05, 4.69) is 10.4 Å². The summed E-state index contributed by atoms with van der Waals surface area (Å²) < 4.78 is 6.91. The quantitative estimate of drug-likeness (QED) is 0.811. The highest BCUT2D eigenvalue weighted by Gasteiger charge is 2.22. The third kappa shape index (κ3) is 4.03. The van der Waals surface area contributed by atoms with Crippen molar-refractivity contribution in [1.82, 2.24) is 9.78 Å². The van der Waals surface area contributed by atoms with E-state index < -0.39 is 5.97 Å². The molecule has 0 bridgehead atoms. The van der Waals surface area contributed by atoms with E-state index in [1.54, 1.807) is 6.92 Å². The van der Waals surface area contributed by atoms with E-state index in [-0.39, 0.29) is 5.91 Å². The van der Waals surface area contributed by atoms with Crippen LogP contribution in [0.3, 0.4) is 0 Å². The summed E-state index contributed by atoms with van der Waals surface area (Å²) in [6.07, 6.45) is 0.292. The fraction of sp³-hybridized carbons (Fsp3) is 0.471. The molecule has 130 valence electrons. The van der Waals surface area contributed by atoms with Gasteiger partial charge in [0.2, 0.25) is 5.91 Å². The molecule has 6 nitrogen and oxygen atoms in total. The number of carbonyl (C=O) groups excluding carboxylic acids is 2. The van der Waals surface area contributed by atoms with E-state index in [1.165, 1.54) is 11.3 Å². The summed E-state index contributed by atoms with van der Waals surface area (Å²) in [7, 11) is 0. The Morgan fingerprint density at radius 1 is 1.29 bits per heavy atom. The van der Waals surface area contributed by atoms with Crippen LogP contribution in [-0.2, 0) is 16.1 Å². The number of nitrogens with zero attached hydrogens (tertiary/aromatic N) is 2. The second-order valence-electron chi connectivity index (χ2n) is 5.66. The minimum absolute atomic E-state index is 0.144. The first kappa shape index (κ1) is 18.2. The number of thiophene rings is 1. The first-order valence-corrected chi connectivity index (χ1v) is 8.73. The van der Waals surface area contributed by atoms with Crippen LogP contribution in [0.25, 0.3) is 0 Å². The predicted molar refractivity (Wildman–Crippen MR) is 94.7 cm³/mol. The topological polar surface area (TPSA) is 73.2 Å². The van der Waals surface area contributed by atoms with Crippen molar-refractivity contribution >= 4 is 28.2 Å². The number of ether oxygens (including phenoxy) is 1. The Bertz CT molecular complexity index is 761. The lowest BCUT2D eigenvalue weighted by atomic mass is 10.1. The van der Waals surface area contributed by atoms with Gasteiger partial charge in [-0.15, -0.1) is 11.3 Å². The summed E-state index contributed by atoms with van der Waals surface area (Å²) in [6.45, 7) is 10.2. The SMILES string of the molecule is CCOC(=O)c1c(NC(=O)CCn2nc(C)cc2C)sc(C)c1C. The van der Waals surface area contributed by atoms with E-state index in [0.717, 1.165) is 21.8 Å². The third-order valence-corrected chi connectivity index (χ3v) is 4.89. The number of hydrogen-bond donors (Lipinski definition) is 1. The minimum Gasteiger partial charge on any atom is -0.462 e. The van der Waals surface area contributed by atoms with Crippen molar-refractivity contribution < 1.29 is 14.3 Å². The Morgan fingerprint density at radius 2 is 2.00 bits per heavy atom. The van der Waals surface area contributed by atoms with Crippen LogP contribution in [0.1, 0.15) is 45.5 Å². The molecule has 0 spiro atoms. The van der Waals surface area contributed by atoms with Crippen molar-refractivity contribution in [2.75, 3.05) is 11.9 Å². The predicted octanol–water partition coefficient (Wildman–Crippen LogP) is 3.38. The van der Waals surface area contributed by atoms with Crippen molar-refractivity contribution in [3.63, 3.8) is 0 Å². The molecule has 1 amide bonds. The molecule has 0 aliphatic rings. The normalized spacial score (nSPS) is 10.7. The first-order valence-electron chi connectivity index (χ1n) is 7.91. The van der Waals surface area contributed by atoms with Crippen LogP contribution in [0.2, 0.25) is 0 Å². The van der Waals surface area contributed by atoms with Crippen molar-refractivity contribution in [3.05, 3.63) is 33.5 Å². The Morgan fingerprint density at radius 3 is 2.58 bits per heavy atom. The summed E-state index contributed by atoms with van der Waals surface area (Å²) in [5, 5.41) is 7.75. The fourth-order valence-electron chi connectivity index (χ4n) is 2.46. The average Bonchev–Trinajstić information content (AvgIpc) is 2.96. The number of amides is 1. The lowest BCUT2D eigenvalue weighted by molar-refractivity contribution is -0.116. The van der Waals surface area contributed by atoms with E-state index in [9.17, 15) is 9.59 Å². The average molecular weight is 349 g/mol. The second kappa shape index (κ2) is 7.61. The standard InChI is InChI=1S/C17H23N3O3S/c1-6-23-17(22)15-12(4)13(5)24-16(15)18-14(21)7-8-20-11(3)9-10(2)19-20/h9H,6-8H2,1-5H3,(H,18,21). The van der Waals surface area contributed by atoms with Crippen molar-refractivity contribution in [2.24, 2.45) is 0 Å². The molecule has 0 aliphatic heterocycles. The highest BCUT2D eigenvalue weighted by Crippen LogP contribution is 2.33. The Labute approximate surface area is 145 Å². The monoisotopic (exact) mass is 349 g/mol. The molecule has 0 fully saturated rings. The number of carbonyl (C=O) groups is 2. The van der Waals surface area contributed by atoms with Crippen molar-refractivity contribution in [2.45, 2.75) is 47.6 Å². The summed E-state index contributed by atoms with van der Waals surface area (Å²) in [5.74, 6) is -0.539. The number of aryl methyl sites for hydroxylation is 4. The fourth-order valence-corrected chi connectivity index (χ4v) is 3.53. The first-order chi connectivity index (χ1) is 11.3. The summed E-state index contributed by atoms with van der Waals surface area (Å²) in [4.78, 5) is 25.4. The van der Waals surface area contributed by atoms with Crippen LogP contribution in [0, 0.1) is 27.7 Å². The van der Waals surface area contributed by atoms with Crippen LogP contribution >= 0.6 is 11.3 Å². The molecule has 2 aromatic rings. The second-order valence-corrected chi connectivity index (χ2v) is 6.88. The Balaban J connectivity index is 2.07. The largest absolute Gasteiger partial charge is 0.462 e. The molecule has 0 aromatic carbocycles. The van der Waals surface area contributed by atoms with E-state index in [0.29, 0.717) is 30.1 Å². The van der Waals surface area contributed by atoms with Crippen molar-refractivity contribution in [1.29, 1.82) is 0 Å². The van der Waals surface area contributed by atoms with Crippen LogP contribution in [0.15, 0.2) is 6.07 Å². The Hall–Kier alpha value is -2.15. The zero-order valence-corrected chi connectivity index (χ0v) is 15.5. The maximum absolute atomic E-state index is 12.3. The number of aromatic nitrogens is 2. The molecule has 0 atom stereocenters. The number of nitrogens with one attached hydrogen (secondary N) is 1. The summed E-state index contributed by atoms with van der Waals surface area (Å²) in [6, 6.07) is 1.97.